The Morgan fingerprint density at radius 3 is 2.33 bits per heavy atom. The maximum absolute atomic E-state index is 12.8. The summed E-state index contributed by atoms with van der Waals surface area (Å²) >= 11 is 0. The van der Waals surface area contributed by atoms with E-state index in [4.69, 9.17) is 10.5 Å². The summed E-state index contributed by atoms with van der Waals surface area (Å²) in [4.78, 5) is 24.6. The van der Waals surface area contributed by atoms with Crippen molar-refractivity contribution in [2.45, 2.75) is 52.0 Å². The molecule has 27 heavy (non-hydrogen) atoms. The quantitative estimate of drug-likeness (QED) is 0.619. The van der Waals surface area contributed by atoms with Gasteiger partial charge in [-0.3, -0.25) is 9.59 Å². The van der Waals surface area contributed by atoms with Gasteiger partial charge in [0.05, 0.1) is 7.11 Å². The second-order valence-electron chi connectivity index (χ2n) is 7.84. The first-order valence-corrected chi connectivity index (χ1v) is 9.88. The lowest BCUT2D eigenvalue weighted by Gasteiger charge is -2.30. The normalized spacial score (nSPS) is 20.7. The highest BCUT2D eigenvalue weighted by molar-refractivity contribution is 5.87. The molecule has 3 atom stereocenters. The van der Waals surface area contributed by atoms with Crippen LogP contribution in [0, 0.1) is 17.8 Å². The SMILES string of the molecule is COc1ccc(NCC(CC(C)C)NC(=O)[C@@H]2CCCC[C@@H]2C(N)=O)cc1. The molecule has 0 spiro atoms. The number of primary amides is 1. The standard InChI is InChI=1S/C21H33N3O3/c1-14(2)12-16(13-23-15-8-10-17(27-3)11-9-15)24-21(26)19-7-5-4-6-18(19)20(22)25/h8-11,14,16,18-19,23H,4-7,12-13H2,1-3H3,(H2,22,25)(H,24,26)/t16?,18-,19+/m0/s1. The largest absolute Gasteiger partial charge is 0.497 e. The fraction of sp³-hybridized carbons (Fsp3) is 0.619. The first kappa shape index (κ1) is 21.1. The minimum Gasteiger partial charge on any atom is -0.497 e. The lowest BCUT2D eigenvalue weighted by Crippen LogP contribution is -2.47. The summed E-state index contributed by atoms with van der Waals surface area (Å²) in [6.07, 6.45) is 4.25. The molecule has 1 aromatic carbocycles. The second-order valence-corrected chi connectivity index (χ2v) is 7.84. The Hall–Kier alpha value is -2.24. The average Bonchev–Trinajstić information content (AvgIpc) is 2.66. The predicted molar refractivity (Wildman–Crippen MR) is 108 cm³/mol. The molecule has 0 aromatic heterocycles. The minimum atomic E-state index is -0.355. The Morgan fingerprint density at radius 2 is 1.78 bits per heavy atom. The zero-order valence-electron chi connectivity index (χ0n) is 16.7. The van der Waals surface area contributed by atoms with Crippen molar-refractivity contribution in [2.24, 2.45) is 23.5 Å². The lowest BCUT2D eigenvalue weighted by atomic mass is 9.78. The molecule has 1 unspecified atom stereocenters. The zero-order chi connectivity index (χ0) is 19.8. The van der Waals surface area contributed by atoms with Crippen LogP contribution in [-0.2, 0) is 9.59 Å². The summed E-state index contributed by atoms with van der Waals surface area (Å²) in [5, 5.41) is 6.54. The van der Waals surface area contributed by atoms with Crippen molar-refractivity contribution in [3.8, 4) is 5.75 Å². The zero-order valence-corrected chi connectivity index (χ0v) is 16.7. The summed E-state index contributed by atoms with van der Waals surface area (Å²) in [7, 11) is 1.64. The number of nitrogens with two attached hydrogens (primary N) is 1. The number of amides is 2. The van der Waals surface area contributed by atoms with Gasteiger partial charge in [-0.05, 0) is 49.4 Å². The summed E-state index contributed by atoms with van der Waals surface area (Å²) < 4.78 is 5.17. The van der Waals surface area contributed by atoms with Crippen LogP contribution in [0.3, 0.4) is 0 Å². The van der Waals surface area contributed by atoms with Gasteiger partial charge in [-0.2, -0.15) is 0 Å². The third-order valence-electron chi connectivity index (χ3n) is 5.21. The summed E-state index contributed by atoms with van der Waals surface area (Å²) in [6, 6.07) is 7.71. The van der Waals surface area contributed by atoms with Crippen molar-refractivity contribution in [1.29, 1.82) is 0 Å². The van der Waals surface area contributed by atoms with Crippen molar-refractivity contribution in [2.75, 3.05) is 19.0 Å². The molecule has 150 valence electrons. The van der Waals surface area contributed by atoms with Crippen LogP contribution in [-0.4, -0.2) is 31.5 Å². The molecule has 0 radical (unpaired) electrons. The highest BCUT2D eigenvalue weighted by Crippen LogP contribution is 2.30. The maximum Gasteiger partial charge on any atom is 0.224 e. The molecular formula is C21H33N3O3. The van der Waals surface area contributed by atoms with E-state index in [9.17, 15) is 9.59 Å². The van der Waals surface area contributed by atoms with E-state index in [0.29, 0.717) is 18.9 Å². The van der Waals surface area contributed by atoms with E-state index < -0.39 is 0 Å². The Balaban J connectivity index is 1.97. The van der Waals surface area contributed by atoms with Crippen LogP contribution < -0.4 is 21.1 Å². The molecule has 0 bridgehead atoms. The van der Waals surface area contributed by atoms with Gasteiger partial charge in [-0.25, -0.2) is 0 Å². The van der Waals surface area contributed by atoms with Gasteiger partial charge in [0.2, 0.25) is 11.8 Å². The van der Waals surface area contributed by atoms with Crippen molar-refractivity contribution >= 4 is 17.5 Å². The van der Waals surface area contributed by atoms with E-state index >= 15 is 0 Å². The van der Waals surface area contributed by atoms with Crippen molar-refractivity contribution in [1.82, 2.24) is 5.32 Å². The molecule has 1 saturated carbocycles. The average molecular weight is 376 g/mol. The first-order chi connectivity index (χ1) is 12.9. The van der Waals surface area contributed by atoms with Gasteiger partial charge in [0, 0.05) is 30.1 Å². The minimum absolute atomic E-state index is 0.00458. The molecule has 0 heterocycles. The van der Waals surface area contributed by atoms with Crippen LogP contribution >= 0.6 is 0 Å². The lowest BCUT2D eigenvalue weighted by molar-refractivity contribution is -0.135. The van der Waals surface area contributed by atoms with E-state index in [2.05, 4.69) is 24.5 Å². The number of hydrogen-bond acceptors (Lipinski definition) is 4. The van der Waals surface area contributed by atoms with Gasteiger partial charge in [-0.1, -0.05) is 26.7 Å². The fourth-order valence-corrected chi connectivity index (χ4v) is 3.81. The molecule has 1 aliphatic carbocycles. The Morgan fingerprint density at radius 1 is 1.15 bits per heavy atom. The molecule has 1 aliphatic rings. The predicted octanol–water partition coefficient (Wildman–Crippen LogP) is 2.93. The third-order valence-corrected chi connectivity index (χ3v) is 5.21. The molecule has 4 N–H and O–H groups in total. The molecule has 6 nitrogen and oxygen atoms in total. The topological polar surface area (TPSA) is 93.4 Å². The first-order valence-electron chi connectivity index (χ1n) is 9.88. The van der Waals surface area contributed by atoms with Gasteiger partial charge < -0.3 is 21.1 Å². The number of methoxy groups -OCH3 is 1. The highest BCUT2D eigenvalue weighted by atomic mass is 16.5. The number of hydrogen-bond donors (Lipinski definition) is 3. The van der Waals surface area contributed by atoms with Crippen LogP contribution in [0.15, 0.2) is 24.3 Å². The van der Waals surface area contributed by atoms with Gasteiger partial charge in [0.1, 0.15) is 5.75 Å². The molecule has 1 fully saturated rings. The Labute approximate surface area is 162 Å². The Bertz CT molecular complexity index is 616. The molecule has 6 heteroatoms. The molecule has 1 aromatic rings. The van der Waals surface area contributed by atoms with E-state index in [1.165, 1.54) is 0 Å². The fourth-order valence-electron chi connectivity index (χ4n) is 3.81. The number of ether oxygens (including phenoxy) is 1. The maximum atomic E-state index is 12.8. The number of nitrogens with one attached hydrogen (secondary N) is 2. The van der Waals surface area contributed by atoms with Crippen molar-refractivity contribution in [3.63, 3.8) is 0 Å². The van der Waals surface area contributed by atoms with E-state index in [1.807, 2.05) is 24.3 Å². The number of carbonyl (C=O) groups is 2. The van der Waals surface area contributed by atoms with E-state index in [-0.39, 0.29) is 29.7 Å². The molecule has 2 rings (SSSR count). The number of benzene rings is 1. The van der Waals surface area contributed by atoms with Crippen molar-refractivity contribution in [3.05, 3.63) is 24.3 Å². The van der Waals surface area contributed by atoms with Crippen LogP contribution in [0.1, 0.15) is 46.0 Å². The molecular weight excluding hydrogens is 342 g/mol. The number of carbonyl (C=O) groups excluding carboxylic acids is 2. The number of rotatable bonds is 9. The smallest absolute Gasteiger partial charge is 0.224 e. The number of anilines is 1. The molecule has 0 saturated heterocycles. The van der Waals surface area contributed by atoms with Gasteiger partial charge >= 0.3 is 0 Å². The second kappa shape index (κ2) is 10.2. The van der Waals surface area contributed by atoms with Gasteiger partial charge in [0.25, 0.3) is 0 Å². The van der Waals surface area contributed by atoms with Crippen LogP contribution in [0.2, 0.25) is 0 Å². The van der Waals surface area contributed by atoms with E-state index in [0.717, 1.165) is 37.1 Å². The van der Waals surface area contributed by atoms with Crippen molar-refractivity contribution < 1.29 is 14.3 Å². The van der Waals surface area contributed by atoms with Crippen LogP contribution in [0.25, 0.3) is 0 Å². The summed E-state index contributed by atoms with van der Waals surface area (Å²) in [6.45, 7) is 4.91. The van der Waals surface area contributed by atoms with Gasteiger partial charge in [0.15, 0.2) is 0 Å². The van der Waals surface area contributed by atoms with Crippen LogP contribution in [0.5, 0.6) is 5.75 Å². The summed E-state index contributed by atoms with van der Waals surface area (Å²) in [5.74, 6) is 0.223. The molecule has 0 aliphatic heterocycles. The Kier molecular flexibility index (Phi) is 7.95. The highest BCUT2D eigenvalue weighted by Gasteiger charge is 2.35. The van der Waals surface area contributed by atoms with E-state index in [1.54, 1.807) is 7.11 Å². The van der Waals surface area contributed by atoms with Crippen LogP contribution in [0.4, 0.5) is 5.69 Å². The molecule has 2 amide bonds. The third kappa shape index (κ3) is 6.45. The monoisotopic (exact) mass is 375 g/mol. The summed E-state index contributed by atoms with van der Waals surface area (Å²) in [5.41, 5.74) is 6.50. The van der Waals surface area contributed by atoms with Gasteiger partial charge in [-0.15, -0.1) is 0 Å².